The van der Waals surface area contributed by atoms with Crippen LogP contribution in [0.4, 0.5) is 4.79 Å². The zero-order chi connectivity index (χ0) is 16.5. The van der Waals surface area contributed by atoms with Crippen LogP contribution in [-0.4, -0.2) is 35.5 Å². The predicted octanol–water partition coefficient (Wildman–Crippen LogP) is 4.65. The molecule has 1 aromatic heterocycles. The number of ketones is 1. The van der Waals surface area contributed by atoms with Crippen molar-refractivity contribution in [3.8, 4) is 0 Å². The van der Waals surface area contributed by atoms with Crippen LogP contribution in [0.2, 0.25) is 0 Å². The third-order valence-electron chi connectivity index (χ3n) is 3.64. The first-order valence-electron chi connectivity index (χ1n) is 7.45. The first-order valence-corrected chi connectivity index (χ1v) is 9.12. The fourth-order valence-corrected chi connectivity index (χ4v) is 4.13. The minimum Gasteiger partial charge on any atom is -0.444 e. The van der Waals surface area contributed by atoms with Crippen molar-refractivity contribution in [1.82, 2.24) is 4.90 Å². The van der Waals surface area contributed by atoms with Gasteiger partial charge in [0, 0.05) is 23.5 Å². The average Bonchev–Trinajstić information content (AvgIpc) is 2.76. The van der Waals surface area contributed by atoms with Crippen molar-refractivity contribution in [2.45, 2.75) is 46.1 Å². The number of Topliss-reactive ketones (excluding diaryl/α,β-unsaturated/α-hetero) is 1. The number of piperidine rings is 1. The molecule has 0 saturated carbocycles. The normalized spacial score (nSPS) is 16.7. The summed E-state index contributed by atoms with van der Waals surface area (Å²) >= 11 is 4.98. The molecule has 0 aliphatic carbocycles. The van der Waals surface area contributed by atoms with Crippen LogP contribution in [-0.2, 0) is 4.74 Å². The maximum atomic E-state index is 12.6. The molecule has 122 valence electrons. The second-order valence-electron chi connectivity index (χ2n) is 6.67. The molecule has 1 amide bonds. The van der Waals surface area contributed by atoms with E-state index in [2.05, 4.69) is 15.9 Å². The minimum absolute atomic E-state index is 0.00645. The lowest BCUT2D eigenvalue weighted by molar-refractivity contribution is 0.0182. The number of hydrogen-bond donors (Lipinski definition) is 0. The lowest BCUT2D eigenvalue weighted by atomic mass is 9.92. The van der Waals surface area contributed by atoms with Crippen LogP contribution in [0.1, 0.15) is 48.8 Å². The molecule has 0 aromatic carbocycles. The largest absolute Gasteiger partial charge is 0.444 e. The summed E-state index contributed by atoms with van der Waals surface area (Å²) < 4.78 is 6.29. The lowest BCUT2D eigenvalue weighted by Gasteiger charge is -2.32. The summed E-state index contributed by atoms with van der Waals surface area (Å²) in [7, 11) is 0. The SMILES string of the molecule is Cc1csc(C(=O)C2CCN(C(=O)OC(C)(C)C)CC2)c1Br. The molecular formula is C16H22BrNO3S. The highest BCUT2D eigenvalue weighted by atomic mass is 79.9. The first-order chi connectivity index (χ1) is 10.2. The predicted molar refractivity (Wildman–Crippen MR) is 91.6 cm³/mol. The Morgan fingerprint density at radius 2 is 1.91 bits per heavy atom. The molecule has 1 aliphatic rings. The number of nitrogens with zero attached hydrogens (tertiary/aromatic N) is 1. The summed E-state index contributed by atoms with van der Waals surface area (Å²) in [5.74, 6) is 0.182. The smallest absolute Gasteiger partial charge is 0.410 e. The van der Waals surface area contributed by atoms with Crippen molar-refractivity contribution in [3.63, 3.8) is 0 Å². The van der Waals surface area contributed by atoms with E-state index in [0.717, 1.165) is 14.9 Å². The number of aryl methyl sites for hydroxylation is 1. The van der Waals surface area contributed by atoms with E-state index in [4.69, 9.17) is 4.74 Å². The Balaban J connectivity index is 1.93. The van der Waals surface area contributed by atoms with Crippen LogP contribution in [0.25, 0.3) is 0 Å². The van der Waals surface area contributed by atoms with E-state index in [1.54, 1.807) is 4.90 Å². The molecule has 22 heavy (non-hydrogen) atoms. The van der Waals surface area contributed by atoms with Gasteiger partial charge in [0.1, 0.15) is 5.60 Å². The molecule has 0 spiro atoms. The van der Waals surface area contributed by atoms with E-state index in [1.807, 2.05) is 33.1 Å². The molecular weight excluding hydrogens is 366 g/mol. The van der Waals surface area contributed by atoms with Gasteiger partial charge in [0.2, 0.25) is 0 Å². The number of thiophene rings is 1. The summed E-state index contributed by atoms with van der Waals surface area (Å²) in [6.07, 6.45) is 1.11. The number of hydrogen-bond acceptors (Lipinski definition) is 4. The Bertz CT molecular complexity index is 568. The topological polar surface area (TPSA) is 46.6 Å². The van der Waals surface area contributed by atoms with Crippen molar-refractivity contribution in [1.29, 1.82) is 0 Å². The van der Waals surface area contributed by atoms with Crippen LogP contribution in [0.5, 0.6) is 0 Å². The van der Waals surface area contributed by atoms with E-state index < -0.39 is 5.60 Å². The van der Waals surface area contributed by atoms with Gasteiger partial charge in [-0.05, 0) is 67.4 Å². The van der Waals surface area contributed by atoms with Gasteiger partial charge in [0.05, 0.1) is 4.88 Å². The summed E-state index contributed by atoms with van der Waals surface area (Å²) in [6, 6.07) is 0. The summed E-state index contributed by atoms with van der Waals surface area (Å²) in [5.41, 5.74) is 0.614. The highest BCUT2D eigenvalue weighted by molar-refractivity contribution is 9.10. The van der Waals surface area contributed by atoms with Gasteiger partial charge in [-0.15, -0.1) is 11.3 Å². The third kappa shape index (κ3) is 4.10. The maximum Gasteiger partial charge on any atom is 0.410 e. The molecule has 0 bridgehead atoms. The molecule has 0 unspecified atom stereocenters. The Morgan fingerprint density at radius 1 is 1.32 bits per heavy atom. The standard InChI is InChI=1S/C16H22BrNO3S/c1-10-9-22-14(12(10)17)13(19)11-5-7-18(8-6-11)15(20)21-16(2,3)4/h9,11H,5-8H2,1-4H3. The van der Waals surface area contributed by atoms with Gasteiger partial charge < -0.3 is 9.64 Å². The summed E-state index contributed by atoms with van der Waals surface area (Å²) in [5, 5.41) is 1.99. The number of rotatable bonds is 2. The second-order valence-corrected chi connectivity index (χ2v) is 8.34. The van der Waals surface area contributed by atoms with E-state index in [1.165, 1.54) is 11.3 Å². The van der Waals surface area contributed by atoms with Gasteiger partial charge in [-0.2, -0.15) is 0 Å². The molecule has 0 N–H and O–H groups in total. The molecule has 1 fully saturated rings. The maximum absolute atomic E-state index is 12.6. The molecule has 2 rings (SSSR count). The molecule has 1 aromatic rings. The highest BCUT2D eigenvalue weighted by Crippen LogP contribution is 2.32. The van der Waals surface area contributed by atoms with Gasteiger partial charge in [0.25, 0.3) is 0 Å². The minimum atomic E-state index is -0.483. The van der Waals surface area contributed by atoms with E-state index >= 15 is 0 Å². The fourth-order valence-electron chi connectivity index (χ4n) is 2.43. The van der Waals surface area contributed by atoms with Crippen molar-refractivity contribution >= 4 is 39.1 Å². The van der Waals surface area contributed by atoms with E-state index in [0.29, 0.717) is 25.9 Å². The molecule has 1 saturated heterocycles. The summed E-state index contributed by atoms with van der Waals surface area (Å²) in [4.78, 5) is 27.1. The van der Waals surface area contributed by atoms with Gasteiger partial charge in [-0.3, -0.25) is 4.79 Å². The molecule has 1 aliphatic heterocycles. The Labute approximate surface area is 144 Å². The molecule has 0 radical (unpaired) electrons. The monoisotopic (exact) mass is 387 g/mol. The number of carbonyl (C=O) groups excluding carboxylic acids is 2. The van der Waals surface area contributed by atoms with Gasteiger partial charge in [-0.1, -0.05) is 0 Å². The molecule has 2 heterocycles. The molecule has 6 heteroatoms. The van der Waals surface area contributed by atoms with Gasteiger partial charge >= 0.3 is 6.09 Å². The number of amides is 1. The fraction of sp³-hybridized carbons (Fsp3) is 0.625. The average molecular weight is 388 g/mol. The lowest BCUT2D eigenvalue weighted by Crippen LogP contribution is -2.42. The van der Waals surface area contributed by atoms with Gasteiger partial charge in [-0.25, -0.2) is 4.79 Å². The van der Waals surface area contributed by atoms with Crippen LogP contribution >= 0.6 is 27.3 Å². The third-order valence-corrected chi connectivity index (χ3v) is 6.04. The molecule has 4 nitrogen and oxygen atoms in total. The van der Waals surface area contributed by atoms with Crippen LogP contribution < -0.4 is 0 Å². The first kappa shape index (κ1) is 17.5. The van der Waals surface area contributed by atoms with Crippen molar-refractivity contribution in [2.75, 3.05) is 13.1 Å². The van der Waals surface area contributed by atoms with Crippen LogP contribution in [0.15, 0.2) is 9.85 Å². The quantitative estimate of drug-likeness (QED) is 0.693. The zero-order valence-corrected chi connectivity index (χ0v) is 15.8. The van der Waals surface area contributed by atoms with Crippen molar-refractivity contribution in [3.05, 3.63) is 20.3 Å². The summed E-state index contributed by atoms with van der Waals surface area (Å²) in [6.45, 7) is 8.72. The molecule has 0 atom stereocenters. The Kier molecular flexibility index (Phi) is 5.33. The number of ether oxygens (including phenoxy) is 1. The van der Waals surface area contributed by atoms with E-state index in [-0.39, 0.29) is 17.8 Å². The number of halogens is 1. The number of carbonyl (C=O) groups is 2. The highest BCUT2D eigenvalue weighted by Gasteiger charge is 2.31. The van der Waals surface area contributed by atoms with Crippen LogP contribution in [0.3, 0.4) is 0 Å². The van der Waals surface area contributed by atoms with E-state index in [9.17, 15) is 9.59 Å². The number of likely N-dealkylation sites (tertiary alicyclic amines) is 1. The van der Waals surface area contributed by atoms with Crippen LogP contribution in [0, 0.1) is 12.8 Å². The Morgan fingerprint density at radius 3 is 2.36 bits per heavy atom. The second kappa shape index (κ2) is 6.71. The van der Waals surface area contributed by atoms with Gasteiger partial charge in [0.15, 0.2) is 5.78 Å². The van der Waals surface area contributed by atoms with Crippen molar-refractivity contribution < 1.29 is 14.3 Å². The Hall–Kier alpha value is -0.880. The van der Waals surface area contributed by atoms with Crippen molar-refractivity contribution in [2.24, 2.45) is 5.92 Å². The zero-order valence-electron chi connectivity index (χ0n) is 13.4.